The number of nitrogens with one attached hydrogen (secondary N) is 1. The molecule has 1 aromatic rings. The Morgan fingerprint density at radius 1 is 1.53 bits per heavy atom. The number of carbonyl (C=O) groups is 1. The maximum absolute atomic E-state index is 12.9. The monoisotopic (exact) mass is 272 g/mol. The second-order valence-electron chi connectivity index (χ2n) is 4.03. The molecule has 0 radical (unpaired) electrons. The molecule has 3 N–H and O–H groups in total. The van der Waals surface area contributed by atoms with Crippen LogP contribution in [0.15, 0.2) is 18.2 Å². The maximum Gasteiger partial charge on any atom is 0.237 e. The molecule has 2 rings (SSSR count). The van der Waals surface area contributed by atoms with Crippen LogP contribution >= 0.6 is 23.8 Å². The Kier molecular flexibility index (Phi) is 3.05. The number of amides is 1. The number of nitrogens with two attached hydrogens (primary N) is 1. The Morgan fingerprint density at radius 3 is 2.65 bits per heavy atom. The lowest BCUT2D eigenvalue weighted by atomic mass is 10.1. The van der Waals surface area contributed by atoms with E-state index < -0.39 is 11.2 Å². The molecule has 0 saturated heterocycles. The minimum atomic E-state index is -0.726. The van der Waals surface area contributed by atoms with Gasteiger partial charge in [-0.15, -0.1) is 0 Å². The van der Waals surface area contributed by atoms with Crippen LogP contribution in [0.2, 0.25) is 5.02 Å². The number of rotatable bonds is 3. The van der Waals surface area contributed by atoms with Gasteiger partial charge in [0.15, 0.2) is 0 Å². The minimum absolute atomic E-state index is 0.0389. The molecule has 1 amide bonds. The molecule has 17 heavy (non-hydrogen) atoms. The van der Waals surface area contributed by atoms with Gasteiger partial charge in [-0.3, -0.25) is 4.79 Å². The van der Waals surface area contributed by atoms with Gasteiger partial charge in [0.25, 0.3) is 0 Å². The largest absolute Gasteiger partial charge is 0.392 e. The van der Waals surface area contributed by atoms with Gasteiger partial charge in [0.05, 0.1) is 15.4 Å². The second-order valence-corrected chi connectivity index (χ2v) is 4.88. The highest BCUT2D eigenvalue weighted by molar-refractivity contribution is 7.80. The van der Waals surface area contributed by atoms with E-state index in [1.54, 1.807) is 0 Å². The molecule has 1 saturated carbocycles. The molecule has 0 spiro atoms. The SMILES string of the molecule is NC(=S)C1(C(=O)Nc2ccc(F)c(Cl)c2)CC1. The molecule has 0 aliphatic heterocycles. The van der Waals surface area contributed by atoms with Crippen molar-refractivity contribution in [1.29, 1.82) is 0 Å². The number of hydrogen-bond donors (Lipinski definition) is 2. The van der Waals surface area contributed by atoms with Crippen molar-refractivity contribution in [3.8, 4) is 0 Å². The van der Waals surface area contributed by atoms with Gasteiger partial charge in [-0.1, -0.05) is 23.8 Å². The van der Waals surface area contributed by atoms with Crippen molar-refractivity contribution >= 4 is 40.4 Å². The van der Waals surface area contributed by atoms with Gasteiger partial charge in [-0.2, -0.15) is 0 Å². The van der Waals surface area contributed by atoms with Crippen LogP contribution < -0.4 is 11.1 Å². The summed E-state index contributed by atoms with van der Waals surface area (Å²) in [5.74, 6) is -0.784. The lowest BCUT2D eigenvalue weighted by Crippen LogP contribution is -2.35. The Bertz CT molecular complexity index is 502. The molecule has 1 aromatic carbocycles. The van der Waals surface area contributed by atoms with Crippen LogP contribution in [0.4, 0.5) is 10.1 Å². The number of carbonyl (C=O) groups excluding carboxylic acids is 1. The number of benzene rings is 1. The summed E-state index contributed by atoms with van der Waals surface area (Å²) in [7, 11) is 0. The Balaban J connectivity index is 2.14. The van der Waals surface area contributed by atoms with Crippen LogP contribution in [0.3, 0.4) is 0 Å². The second kappa shape index (κ2) is 4.23. The first-order chi connectivity index (χ1) is 7.95. The molecule has 0 aromatic heterocycles. The standard InChI is InChI=1S/C11H10ClFN2OS/c12-7-5-6(1-2-8(7)13)15-10(16)11(3-4-11)9(14)17/h1-2,5H,3-4H2,(H2,14,17)(H,15,16). The Hall–Kier alpha value is -1.20. The predicted molar refractivity (Wildman–Crippen MR) is 68.5 cm³/mol. The van der Waals surface area contributed by atoms with Crippen molar-refractivity contribution in [2.24, 2.45) is 11.1 Å². The van der Waals surface area contributed by atoms with Gasteiger partial charge in [0.2, 0.25) is 5.91 Å². The average Bonchev–Trinajstić information content (AvgIpc) is 3.04. The molecule has 0 bridgehead atoms. The summed E-state index contributed by atoms with van der Waals surface area (Å²) >= 11 is 10.5. The van der Waals surface area contributed by atoms with Crippen molar-refractivity contribution in [3.05, 3.63) is 29.0 Å². The minimum Gasteiger partial charge on any atom is -0.392 e. The van der Waals surface area contributed by atoms with Crippen molar-refractivity contribution in [1.82, 2.24) is 0 Å². The van der Waals surface area contributed by atoms with E-state index in [-0.39, 0.29) is 15.9 Å². The summed E-state index contributed by atoms with van der Waals surface area (Å²) in [5.41, 5.74) is 5.23. The first kappa shape index (κ1) is 12.3. The van der Waals surface area contributed by atoms with Crippen LogP contribution in [0.25, 0.3) is 0 Å². The molecule has 0 unspecified atom stereocenters. The fraction of sp³-hybridized carbons (Fsp3) is 0.273. The van der Waals surface area contributed by atoms with Crippen LogP contribution in [0.1, 0.15) is 12.8 Å². The van der Waals surface area contributed by atoms with E-state index in [1.165, 1.54) is 18.2 Å². The average molecular weight is 273 g/mol. The van der Waals surface area contributed by atoms with E-state index >= 15 is 0 Å². The molecular weight excluding hydrogens is 263 g/mol. The zero-order valence-electron chi connectivity index (χ0n) is 8.80. The van der Waals surface area contributed by atoms with E-state index in [0.29, 0.717) is 18.5 Å². The molecule has 0 atom stereocenters. The number of hydrogen-bond acceptors (Lipinski definition) is 2. The van der Waals surface area contributed by atoms with Crippen LogP contribution in [0.5, 0.6) is 0 Å². The molecule has 1 aliphatic rings. The van der Waals surface area contributed by atoms with Crippen molar-refractivity contribution in [3.63, 3.8) is 0 Å². The van der Waals surface area contributed by atoms with Crippen LogP contribution in [-0.2, 0) is 4.79 Å². The molecule has 1 fully saturated rings. The van der Waals surface area contributed by atoms with E-state index in [1.807, 2.05) is 0 Å². The Labute approximate surface area is 108 Å². The van der Waals surface area contributed by atoms with E-state index in [9.17, 15) is 9.18 Å². The third-order valence-electron chi connectivity index (χ3n) is 2.83. The van der Waals surface area contributed by atoms with Gasteiger partial charge in [-0.25, -0.2) is 4.39 Å². The van der Waals surface area contributed by atoms with Crippen molar-refractivity contribution in [2.75, 3.05) is 5.32 Å². The smallest absolute Gasteiger partial charge is 0.237 e. The first-order valence-corrected chi connectivity index (χ1v) is 5.81. The van der Waals surface area contributed by atoms with Crippen LogP contribution in [0, 0.1) is 11.2 Å². The van der Waals surface area contributed by atoms with Gasteiger partial charge in [-0.05, 0) is 31.0 Å². The molecule has 1 aliphatic carbocycles. The summed E-state index contributed by atoms with van der Waals surface area (Å²) in [6.45, 7) is 0. The lowest BCUT2D eigenvalue weighted by molar-refractivity contribution is -0.118. The normalized spacial score (nSPS) is 16.4. The van der Waals surface area contributed by atoms with E-state index in [4.69, 9.17) is 29.6 Å². The summed E-state index contributed by atoms with van der Waals surface area (Å²) in [4.78, 5) is 12.1. The predicted octanol–water partition coefficient (Wildman–Crippen LogP) is 2.48. The van der Waals surface area contributed by atoms with Crippen molar-refractivity contribution < 1.29 is 9.18 Å². The topological polar surface area (TPSA) is 55.1 Å². The highest BCUT2D eigenvalue weighted by Crippen LogP contribution is 2.46. The third kappa shape index (κ3) is 2.25. The summed E-state index contributed by atoms with van der Waals surface area (Å²) in [5, 5.41) is 2.60. The Morgan fingerprint density at radius 2 is 2.18 bits per heavy atom. The fourth-order valence-electron chi connectivity index (χ4n) is 1.53. The van der Waals surface area contributed by atoms with Gasteiger partial charge >= 0.3 is 0 Å². The van der Waals surface area contributed by atoms with Gasteiger partial charge < -0.3 is 11.1 Å². The number of anilines is 1. The van der Waals surface area contributed by atoms with E-state index in [2.05, 4.69) is 5.32 Å². The fourth-order valence-corrected chi connectivity index (χ4v) is 2.01. The highest BCUT2D eigenvalue weighted by atomic mass is 35.5. The molecule has 0 heterocycles. The first-order valence-electron chi connectivity index (χ1n) is 5.02. The molecular formula is C11H10ClFN2OS. The van der Waals surface area contributed by atoms with Gasteiger partial charge in [0, 0.05) is 5.69 Å². The van der Waals surface area contributed by atoms with Gasteiger partial charge in [0.1, 0.15) is 5.82 Å². The molecule has 6 heteroatoms. The molecule has 90 valence electrons. The number of thiocarbonyl (C=S) groups is 1. The van der Waals surface area contributed by atoms with E-state index in [0.717, 1.165) is 0 Å². The summed E-state index contributed by atoms with van der Waals surface area (Å²) < 4.78 is 12.9. The van der Waals surface area contributed by atoms with Crippen molar-refractivity contribution in [2.45, 2.75) is 12.8 Å². The third-order valence-corrected chi connectivity index (χ3v) is 3.51. The summed E-state index contributed by atoms with van der Waals surface area (Å²) in [6, 6.07) is 3.98. The quantitative estimate of drug-likeness (QED) is 0.831. The zero-order valence-corrected chi connectivity index (χ0v) is 10.4. The zero-order chi connectivity index (χ0) is 12.6. The van der Waals surface area contributed by atoms with Crippen LogP contribution in [-0.4, -0.2) is 10.9 Å². The molecule has 3 nitrogen and oxygen atoms in total. The highest BCUT2D eigenvalue weighted by Gasteiger charge is 2.52. The lowest BCUT2D eigenvalue weighted by Gasteiger charge is -2.13. The maximum atomic E-state index is 12.9. The number of halogens is 2. The summed E-state index contributed by atoms with van der Waals surface area (Å²) in [6.07, 6.45) is 1.31.